The average molecular weight is 266 g/mol. The van der Waals surface area contributed by atoms with Gasteiger partial charge in [0.1, 0.15) is 0 Å². The minimum Gasteiger partial charge on any atom is -0.377 e. The Kier molecular flexibility index (Phi) is 4.78. The van der Waals surface area contributed by atoms with E-state index in [1.807, 2.05) is 0 Å². The Bertz CT molecular complexity index is 278. The lowest BCUT2D eigenvalue weighted by Gasteiger charge is -2.43. The number of fused-ring (bicyclic) bond motifs is 1. The summed E-state index contributed by atoms with van der Waals surface area (Å²) in [6.07, 6.45) is 10.0. The van der Waals surface area contributed by atoms with Crippen molar-refractivity contribution in [3.63, 3.8) is 0 Å². The van der Waals surface area contributed by atoms with Crippen LogP contribution in [0.5, 0.6) is 0 Å². The summed E-state index contributed by atoms with van der Waals surface area (Å²) in [6.45, 7) is 8.36. The number of rotatable bonds is 5. The van der Waals surface area contributed by atoms with E-state index in [9.17, 15) is 0 Å². The van der Waals surface area contributed by atoms with Crippen molar-refractivity contribution in [1.29, 1.82) is 0 Å². The third kappa shape index (κ3) is 3.32. The standard InChI is InChI=1S/C16H30N2O/c1-2-14-12-17-9-5-6-15(17)13-18(14)10-11-19-16-7-3-4-8-16/h14-16H,2-13H2,1H3. The van der Waals surface area contributed by atoms with E-state index in [1.165, 1.54) is 64.6 Å². The summed E-state index contributed by atoms with van der Waals surface area (Å²) in [5.41, 5.74) is 0. The van der Waals surface area contributed by atoms with Gasteiger partial charge in [-0.1, -0.05) is 19.8 Å². The third-order valence-corrected chi connectivity index (χ3v) is 5.41. The lowest BCUT2D eigenvalue weighted by Crippen LogP contribution is -2.56. The van der Waals surface area contributed by atoms with E-state index < -0.39 is 0 Å². The molecule has 0 aromatic heterocycles. The highest BCUT2D eigenvalue weighted by atomic mass is 16.5. The molecule has 2 aliphatic heterocycles. The Hall–Kier alpha value is -0.120. The molecular formula is C16H30N2O. The maximum Gasteiger partial charge on any atom is 0.0597 e. The predicted molar refractivity (Wildman–Crippen MR) is 78.5 cm³/mol. The van der Waals surface area contributed by atoms with Gasteiger partial charge in [-0.25, -0.2) is 0 Å². The van der Waals surface area contributed by atoms with Gasteiger partial charge in [-0.15, -0.1) is 0 Å². The Morgan fingerprint density at radius 2 is 1.89 bits per heavy atom. The zero-order valence-electron chi connectivity index (χ0n) is 12.5. The zero-order valence-corrected chi connectivity index (χ0v) is 12.5. The summed E-state index contributed by atoms with van der Waals surface area (Å²) >= 11 is 0. The summed E-state index contributed by atoms with van der Waals surface area (Å²) < 4.78 is 6.05. The molecule has 3 fully saturated rings. The Labute approximate surface area is 118 Å². The molecule has 2 saturated heterocycles. The van der Waals surface area contributed by atoms with Gasteiger partial charge in [-0.3, -0.25) is 9.80 Å². The van der Waals surface area contributed by atoms with Crippen molar-refractivity contribution < 1.29 is 4.74 Å². The second-order valence-electron chi connectivity index (χ2n) is 6.63. The van der Waals surface area contributed by atoms with E-state index in [4.69, 9.17) is 4.74 Å². The molecule has 1 saturated carbocycles. The van der Waals surface area contributed by atoms with E-state index >= 15 is 0 Å². The van der Waals surface area contributed by atoms with Gasteiger partial charge in [0.05, 0.1) is 12.7 Å². The molecule has 0 amide bonds. The van der Waals surface area contributed by atoms with Crippen LogP contribution in [0.25, 0.3) is 0 Å². The van der Waals surface area contributed by atoms with Crippen LogP contribution in [0.1, 0.15) is 51.9 Å². The van der Waals surface area contributed by atoms with Crippen LogP contribution in [0.4, 0.5) is 0 Å². The van der Waals surface area contributed by atoms with Crippen LogP contribution in [0.15, 0.2) is 0 Å². The van der Waals surface area contributed by atoms with Gasteiger partial charge in [0, 0.05) is 31.7 Å². The van der Waals surface area contributed by atoms with Crippen LogP contribution >= 0.6 is 0 Å². The lowest BCUT2D eigenvalue weighted by atomic mass is 10.1. The molecule has 3 nitrogen and oxygen atoms in total. The summed E-state index contributed by atoms with van der Waals surface area (Å²) in [7, 11) is 0. The van der Waals surface area contributed by atoms with Crippen molar-refractivity contribution in [1.82, 2.24) is 9.80 Å². The van der Waals surface area contributed by atoms with Crippen molar-refractivity contribution in [2.75, 3.05) is 32.8 Å². The Morgan fingerprint density at radius 3 is 2.68 bits per heavy atom. The van der Waals surface area contributed by atoms with E-state index in [1.54, 1.807) is 0 Å². The van der Waals surface area contributed by atoms with Gasteiger partial charge in [0.2, 0.25) is 0 Å². The molecule has 0 aromatic rings. The van der Waals surface area contributed by atoms with Crippen LogP contribution in [0.3, 0.4) is 0 Å². The molecule has 0 spiro atoms. The van der Waals surface area contributed by atoms with Crippen LogP contribution in [0, 0.1) is 0 Å². The van der Waals surface area contributed by atoms with Crippen LogP contribution in [0.2, 0.25) is 0 Å². The van der Waals surface area contributed by atoms with Gasteiger partial charge in [-0.2, -0.15) is 0 Å². The quantitative estimate of drug-likeness (QED) is 0.760. The molecule has 0 bridgehead atoms. The van der Waals surface area contributed by atoms with Crippen molar-refractivity contribution in [2.24, 2.45) is 0 Å². The molecule has 2 unspecified atom stereocenters. The van der Waals surface area contributed by atoms with E-state index in [0.717, 1.165) is 25.2 Å². The zero-order chi connectivity index (χ0) is 13.1. The second-order valence-corrected chi connectivity index (χ2v) is 6.63. The third-order valence-electron chi connectivity index (χ3n) is 5.41. The second kappa shape index (κ2) is 6.55. The minimum atomic E-state index is 0.577. The van der Waals surface area contributed by atoms with Crippen molar-refractivity contribution in [3.8, 4) is 0 Å². The van der Waals surface area contributed by atoms with E-state index in [-0.39, 0.29) is 0 Å². The van der Waals surface area contributed by atoms with Crippen molar-refractivity contribution in [2.45, 2.75) is 70.1 Å². The first-order valence-corrected chi connectivity index (χ1v) is 8.46. The van der Waals surface area contributed by atoms with Gasteiger partial charge < -0.3 is 4.74 Å². The largest absolute Gasteiger partial charge is 0.377 e. The number of hydrogen-bond donors (Lipinski definition) is 0. The summed E-state index contributed by atoms with van der Waals surface area (Å²) in [6, 6.07) is 1.61. The van der Waals surface area contributed by atoms with Gasteiger partial charge in [-0.05, 0) is 38.6 Å². The topological polar surface area (TPSA) is 15.7 Å². The summed E-state index contributed by atoms with van der Waals surface area (Å²) in [5, 5.41) is 0. The van der Waals surface area contributed by atoms with Gasteiger partial charge >= 0.3 is 0 Å². The Balaban J connectivity index is 1.45. The normalized spacial score (nSPS) is 33.9. The first kappa shape index (κ1) is 13.8. The summed E-state index contributed by atoms with van der Waals surface area (Å²) in [5.74, 6) is 0. The SMILES string of the molecule is CCC1CN2CCCC2CN1CCOC1CCCC1. The molecule has 0 aromatic carbocycles. The predicted octanol–water partition coefficient (Wildman–Crippen LogP) is 2.50. The maximum atomic E-state index is 6.05. The number of hydrogen-bond acceptors (Lipinski definition) is 3. The van der Waals surface area contributed by atoms with Crippen LogP contribution < -0.4 is 0 Å². The maximum absolute atomic E-state index is 6.05. The average Bonchev–Trinajstić information content (AvgIpc) is 3.08. The van der Waals surface area contributed by atoms with E-state index in [0.29, 0.717) is 6.10 Å². The smallest absolute Gasteiger partial charge is 0.0597 e. The first-order chi connectivity index (χ1) is 9.36. The first-order valence-electron chi connectivity index (χ1n) is 8.46. The summed E-state index contributed by atoms with van der Waals surface area (Å²) in [4.78, 5) is 5.43. The molecular weight excluding hydrogens is 236 g/mol. The molecule has 3 aliphatic rings. The molecule has 2 heterocycles. The molecule has 1 aliphatic carbocycles. The fourth-order valence-electron chi connectivity index (χ4n) is 4.20. The minimum absolute atomic E-state index is 0.577. The molecule has 3 rings (SSSR count). The highest BCUT2D eigenvalue weighted by Crippen LogP contribution is 2.26. The van der Waals surface area contributed by atoms with Crippen molar-refractivity contribution >= 4 is 0 Å². The highest BCUT2D eigenvalue weighted by molar-refractivity contribution is 4.91. The number of nitrogens with zero attached hydrogens (tertiary/aromatic N) is 2. The van der Waals surface area contributed by atoms with Crippen molar-refractivity contribution in [3.05, 3.63) is 0 Å². The Morgan fingerprint density at radius 1 is 1.05 bits per heavy atom. The molecule has 0 N–H and O–H groups in total. The molecule has 2 atom stereocenters. The van der Waals surface area contributed by atoms with Crippen LogP contribution in [-0.2, 0) is 4.74 Å². The molecule has 110 valence electrons. The van der Waals surface area contributed by atoms with Crippen LogP contribution in [-0.4, -0.2) is 60.8 Å². The number of ether oxygens (including phenoxy) is 1. The van der Waals surface area contributed by atoms with E-state index in [2.05, 4.69) is 16.7 Å². The fraction of sp³-hybridized carbons (Fsp3) is 1.00. The molecule has 19 heavy (non-hydrogen) atoms. The molecule has 3 heteroatoms. The van der Waals surface area contributed by atoms with Gasteiger partial charge in [0.25, 0.3) is 0 Å². The fourth-order valence-corrected chi connectivity index (χ4v) is 4.20. The number of piperazine rings is 1. The monoisotopic (exact) mass is 266 g/mol. The highest BCUT2D eigenvalue weighted by Gasteiger charge is 2.35. The van der Waals surface area contributed by atoms with Gasteiger partial charge in [0.15, 0.2) is 0 Å². The lowest BCUT2D eigenvalue weighted by molar-refractivity contribution is 0.00162. The molecule has 0 radical (unpaired) electrons.